The monoisotopic (exact) mass is 225 g/mol. The maximum atomic E-state index is 3.59. The Morgan fingerprint density at radius 2 is 1.88 bits per heavy atom. The van der Waals surface area contributed by atoms with Gasteiger partial charge in [0.1, 0.15) is 0 Å². The summed E-state index contributed by atoms with van der Waals surface area (Å²) >= 11 is 0. The van der Waals surface area contributed by atoms with Crippen molar-refractivity contribution in [1.82, 2.24) is 5.32 Å². The van der Waals surface area contributed by atoms with Gasteiger partial charge in [-0.05, 0) is 31.7 Å². The van der Waals surface area contributed by atoms with Gasteiger partial charge in [0, 0.05) is 6.04 Å². The van der Waals surface area contributed by atoms with Gasteiger partial charge in [0.2, 0.25) is 0 Å². The molecule has 3 unspecified atom stereocenters. The van der Waals surface area contributed by atoms with Crippen molar-refractivity contribution < 1.29 is 0 Å². The van der Waals surface area contributed by atoms with Crippen molar-refractivity contribution in [1.29, 1.82) is 0 Å². The third kappa shape index (κ3) is 4.08. The molecule has 3 atom stereocenters. The summed E-state index contributed by atoms with van der Waals surface area (Å²) in [6.07, 6.45) is 12.8. The van der Waals surface area contributed by atoms with Crippen LogP contribution in [-0.4, -0.2) is 13.1 Å². The molecule has 1 aliphatic rings. The first kappa shape index (κ1) is 14.0. The summed E-state index contributed by atoms with van der Waals surface area (Å²) in [6, 6.07) is 0.789. The maximum absolute atomic E-state index is 3.59. The largest absolute Gasteiger partial charge is 0.317 e. The fourth-order valence-corrected chi connectivity index (χ4v) is 3.46. The molecule has 1 nitrogen and oxygen atoms in total. The lowest BCUT2D eigenvalue weighted by molar-refractivity contribution is 0.172. The topological polar surface area (TPSA) is 12.0 Å². The minimum absolute atomic E-state index is 0.789. The molecule has 1 aliphatic carbocycles. The van der Waals surface area contributed by atoms with Crippen LogP contribution in [0, 0.1) is 11.8 Å². The van der Waals surface area contributed by atoms with Gasteiger partial charge < -0.3 is 5.32 Å². The van der Waals surface area contributed by atoms with Crippen LogP contribution in [0.4, 0.5) is 0 Å². The highest BCUT2D eigenvalue weighted by Gasteiger charge is 2.29. The molecule has 0 aliphatic heterocycles. The molecular formula is C15H31N. The first-order chi connectivity index (χ1) is 7.83. The molecule has 0 saturated heterocycles. The molecular weight excluding hydrogens is 194 g/mol. The molecule has 1 saturated carbocycles. The zero-order chi connectivity index (χ0) is 11.8. The van der Waals surface area contributed by atoms with Gasteiger partial charge in [-0.3, -0.25) is 0 Å². The highest BCUT2D eigenvalue weighted by atomic mass is 14.9. The van der Waals surface area contributed by atoms with Crippen LogP contribution in [0.15, 0.2) is 0 Å². The highest BCUT2D eigenvalue weighted by molar-refractivity contribution is 4.83. The van der Waals surface area contributed by atoms with Crippen molar-refractivity contribution in [3.05, 3.63) is 0 Å². The maximum Gasteiger partial charge on any atom is 0.00949 e. The molecule has 16 heavy (non-hydrogen) atoms. The van der Waals surface area contributed by atoms with Gasteiger partial charge >= 0.3 is 0 Å². The predicted molar refractivity (Wildman–Crippen MR) is 72.7 cm³/mol. The van der Waals surface area contributed by atoms with Gasteiger partial charge in [0.25, 0.3) is 0 Å². The summed E-state index contributed by atoms with van der Waals surface area (Å²) in [4.78, 5) is 0. The highest BCUT2D eigenvalue weighted by Crippen LogP contribution is 2.35. The van der Waals surface area contributed by atoms with E-state index in [1.807, 2.05) is 0 Å². The molecule has 0 bridgehead atoms. The summed E-state index contributed by atoms with van der Waals surface area (Å²) in [7, 11) is 2.16. The summed E-state index contributed by atoms with van der Waals surface area (Å²) in [5.41, 5.74) is 0. The molecule has 0 amide bonds. The van der Waals surface area contributed by atoms with E-state index in [9.17, 15) is 0 Å². The first-order valence-electron chi connectivity index (χ1n) is 7.50. The van der Waals surface area contributed by atoms with E-state index in [0.29, 0.717) is 0 Å². The van der Waals surface area contributed by atoms with Crippen LogP contribution in [0.1, 0.15) is 71.6 Å². The number of nitrogens with one attached hydrogen (secondary N) is 1. The number of unbranched alkanes of at least 4 members (excludes halogenated alkanes) is 2. The molecule has 96 valence electrons. The van der Waals surface area contributed by atoms with Gasteiger partial charge in [-0.25, -0.2) is 0 Å². The van der Waals surface area contributed by atoms with Crippen molar-refractivity contribution in [3.63, 3.8) is 0 Å². The van der Waals surface area contributed by atoms with Crippen LogP contribution < -0.4 is 5.32 Å². The Balaban J connectivity index is 2.41. The number of rotatable bonds is 7. The minimum Gasteiger partial charge on any atom is -0.317 e. The molecule has 0 spiro atoms. The van der Waals surface area contributed by atoms with Gasteiger partial charge in [0.05, 0.1) is 0 Å². The molecule has 1 fully saturated rings. The van der Waals surface area contributed by atoms with Gasteiger partial charge in [-0.1, -0.05) is 58.8 Å². The first-order valence-corrected chi connectivity index (χ1v) is 7.50. The molecule has 0 aromatic carbocycles. The molecule has 0 aromatic rings. The number of hydrogen-bond donors (Lipinski definition) is 1. The molecule has 0 aromatic heterocycles. The minimum atomic E-state index is 0.789. The second kappa shape index (κ2) is 8.11. The smallest absolute Gasteiger partial charge is 0.00949 e. The summed E-state index contributed by atoms with van der Waals surface area (Å²) in [6.45, 7) is 4.67. The quantitative estimate of drug-likeness (QED) is 0.634. The fraction of sp³-hybridized carbons (Fsp3) is 1.00. The molecule has 1 heteroatoms. The van der Waals surface area contributed by atoms with Crippen LogP contribution in [0.25, 0.3) is 0 Å². The van der Waals surface area contributed by atoms with Crippen molar-refractivity contribution in [2.45, 2.75) is 77.7 Å². The van der Waals surface area contributed by atoms with E-state index in [1.165, 1.54) is 57.8 Å². The molecule has 1 rings (SSSR count). The Hall–Kier alpha value is -0.0400. The number of hydrogen-bond acceptors (Lipinski definition) is 1. The standard InChI is InChI=1S/C15H31N/c1-4-6-7-12-15(16-3)14-11-9-8-10-13(14)5-2/h13-16H,4-12H2,1-3H3. The van der Waals surface area contributed by atoms with Crippen molar-refractivity contribution >= 4 is 0 Å². The van der Waals surface area contributed by atoms with Crippen LogP contribution in [0.5, 0.6) is 0 Å². The molecule has 0 heterocycles. The summed E-state index contributed by atoms with van der Waals surface area (Å²) in [5.74, 6) is 1.95. The Labute approximate surface area is 102 Å². The van der Waals surface area contributed by atoms with Crippen molar-refractivity contribution in [3.8, 4) is 0 Å². The van der Waals surface area contributed by atoms with E-state index in [2.05, 4.69) is 26.2 Å². The normalized spacial score (nSPS) is 27.9. The van der Waals surface area contributed by atoms with E-state index < -0.39 is 0 Å². The van der Waals surface area contributed by atoms with E-state index in [0.717, 1.165) is 17.9 Å². The van der Waals surface area contributed by atoms with Gasteiger partial charge in [-0.2, -0.15) is 0 Å². The average Bonchev–Trinajstić information content (AvgIpc) is 2.35. The predicted octanol–water partition coefficient (Wildman–Crippen LogP) is 4.37. The second-order valence-electron chi connectivity index (χ2n) is 5.51. The summed E-state index contributed by atoms with van der Waals surface area (Å²) in [5, 5.41) is 3.59. The Morgan fingerprint density at radius 3 is 2.50 bits per heavy atom. The third-order valence-electron chi connectivity index (χ3n) is 4.50. The lowest BCUT2D eigenvalue weighted by Crippen LogP contribution is -2.39. The second-order valence-corrected chi connectivity index (χ2v) is 5.51. The van der Waals surface area contributed by atoms with E-state index in [-0.39, 0.29) is 0 Å². The van der Waals surface area contributed by atoms with Crippen molar-refractivity contribution in [2.75, 3.05) is 7.05 Å². The SMILES string of the molecule is CCCCCC(NC)C1CCCCC1CC. The lowest BCUT2D eigenvalue weighted by Gasteiger charge is -2.37. The van der Waals surface area contributed by atoms with E-state index in [4.69, 9.17) is 0 Å². The van der Waals surface area contributed by atoms with Crippen LogP contribution in [0.2, 0.25) is 0 Å². The van der Waals surface area contributed by atoms with Crippen LogP contribution >= 0.6 is 0 Å². The average molecular weight is 225 g/mol. The molecule has 1 N–H and O–H groups in total. The van der Waals surface area contributed by atoms with Crippen LogP contribution in [-0.2, 0) is 0 Å². The van der Waals surface area contributed by atoms with Gasteiger partial charge in [-0.15, -0.1) is 0 Å². The Bertz CT molecular complexity index is 167. The van der Waals surface area contributed by atoms with Gasteiger partial charge in [0.15, 0.2) is 0 Å². The lowest BCUT2D eigenvalue weighted by atomic mass is 9.73. The summed E-state index contributed by atoms with van der Waals surface area (Å²) < 4.78 is 0. The zero-order valence-corrected chi connectivity index (χ0v) is 11.6. The van der Waals surface area contributed by atoms with Crippen molar-refractivity contribution in [2.24, 2.45) is 11.8 Å². The van der Waals surface area contributed by atoms with Crippen LogP contribution in [0.3, 0.4) is 0 Å². The third-order valence-corrected chi connectivity index (χ3v) is 4.50. The fourth-order valence-electron chi connectivity index (χ4n) is 3.46. The zero-order valence-electron chi connectivity index (χ0n) is 11.6. The van der Waals surface area contributed by atoms with E-state index in [1.54, 1.807) is 0 Å². The Kier molecular flexibility index (Phi) is 7.11. The van der Waals surface area contributed by atoms with E-state index >= 15 is 0 Å². The molecule has 0 radical (unpaired) electrons. The Morgan fingerprint density at radius 1 is 1.12 bits per heavy atom.